The lowest BCUT2D eigenvalue weighted by Gasteiger charge is -2.15. The van der Waals surface area contributed by atoms with Crippen LogP contribution < -0.4 is 14.8 Å². The number of aliphatic hydroxyl groups excluding tert-OH is 1. The number of carbonyl (C=O) groups is 3. The molecule has 0 heterocycles. The van der Waals surface area contributed by atoms with E-state index >= 15 is 0 Å². The highest BCUT2D eigenvalue weighted by Gasteiger charge is 2.20. The van der Waals surface area contributed by atoms with Crippen LogP contribution in [0.1, 0.15) is 104 Å². The van der Waals surface area contributed by atoms with E-state index in [0.717, 1.165) is 55.2 Å². The number of carboxylic acid groups (broad SMARTS) is 1. The second kappa shape index (κ2) is 32.9. The fourth-order valence-electron chi connectivity index (χ4n) is 10.4. The summed E-state index contributed by atoms with van der Waals surface area (Å²) >= 11 is 0. The number of aromatic carboxylic acids is 1. The number of benzene rings is 10. The molecule has 10 aromatic rings. The van der Waals surface area contributed by atoms with Gasteiger partial charge in [-0.1, -0.05) is 215 Å². The van der Waals surface area contributed by atoms with Crippen molar-refractivity contribution in [3.05, 3.63) is 281 Å². The molecule has 1 unspecified atom stereocenters. The van der Waals surface area contributed by atoms with Crippen molar-refractivity contribution in [2.75, 3.05) is 40.4 Å². The lowest BCUT2D eigenvalue weighted by molar-refractivity contribution is 0.0499. The van der Waals surface area contributed by atoms with Crippen molar-refractivity contribution in [2.24, 2.45) is 0 Å². The maximum Gasteiger partial charge on any atom is 0.344 e. The van der Waals surface area contributed by atoms with Crippen LogP contribution in [0, 0.1) is 0 Å². The van der Waals surface area contributed by atoms with Gasteiger partial charge in [0.25, 0.3) is 0 Å². The number of aryl methyl sites for hydroxylation is 4. The fourth-order valence-corrected chi connectivity index (χ4v) is 10.4. The van der Waals surface area contributed by atoms with Gasteiger partial charge in [-0.05, 0) is 161 Å². The Bertz CT molecular complexity index is 3730. The molecular formula is C77H80N2O8. The molecule has 87 heavy (non-hydrogen) atoms. The predicted molar refractivity (Wildman–Crippen MR) is 354 cm³/mol. The zero-order chi connectivity index (χ0) is 61.3. The second-order valence-electron chi connectivity index (χ2n) is 22.1. The van der Waals surface area contributed by atoms with Crippen LogP contribution in [0.15, 0.2) is 231 Å². The van der Waals surface area contributed by atoms with Gasteiger partial charge < -0.3 is 34.6 Å². The fraction of sp³-hybridized carbons (Fsp3) is 0.234. The quantitative estimate of drug-likeness (QED) is 0.0488. The predicted octanol–water partition coefficient (Wildman–Crippen LogP) is 16.1. The number of hydrogen-bond donors (Lipinski definition) is 3. The average molecular weight is 1160 g/mol. The number of hydrogen-bond acceptors (Lipinski definition) is 9. The van der Waals surface area contributed by atoms with Crippen LogP contribution in [0.4, 0.5) is 0 Å². The van der Waals surface area contributed by atoms with E-state index < -0.39 is 24.0 Å². The Labute approximate surface area is 512 Å². The number of rotatable bonds is 16. The summed E-state index contributed by atoms with van der Waals surface area (Å²) in [5.41, 5.74) is 10.4. The zero-order valence-electron chi connectivity index (χ0n) is 50.7. The standard InChI is InChI=1S/C20H23N.C19H18O6.C16H21NO2.C12H10.C10H8/c1-21(2)15-7-12-20-18-10-5-3-8-16(18)13-14-17-9-4-6-11-19(17)20;1-2-3-12-24-18(22)13-8-10-14(11-9-13)25-19(23)16-7-5-4-6-15(16)17(20)21;1-12(2)17-10-14(18)11-19-16-9-5-7-13-6-3-4-8-15(13)16;1-3-9-4-2-6-11-8-7-10(5-1)12(9)11;1-2-6-10-8-4-3-7-9(10)5-1/h3-6,8-12H,7,13-15H2,1-2H3;4-11H,2-3,12H2,1H3,(H,20,21);3-9,12,14,17-18H,10-11H2,1-2H3;1-6H,7-8H2;1-8H. The molecule has 0 aromatic heterocycles. The summed E-state index contributed by atoms with van der Waals surface area (Å²) in [6.45, 7) is 8.40. The van der Waals surface area contributed by atoms with Gasteiger partial charge >= 0.3 is 17.9 Å². The number of ether oxygens (including phenoxy) is 3. The highest BCUT2D eigenvalue weighted by molar-refractivity contribution is 6.03. The third-order valence-corrected chi connectivity index (χ3v) is 15.0. The minimum atomic E-state index is -1.21. The first kappa shape index (κ1) is 63.8. The van der Waals surface area contributed by atoms with Crippen LogP contribution in [0.5, 0.6) is 11.5 Å². The Morgan fingerprint density at radius 2 is 1.06 bits per heavy atom. The molecule has 2 aliphatic carbocycles. The van der Waals surface area contributed by atoms with Crippen molar-refractivity contribution in [3.8, 4) is 11.5 Å². The van der Waals surface area contributed by atoms with E-state index in [1.807, 2.05) is 37.3 Å². The van der Waals surface area contributed by atoms with Crippen LogP contribution in [0.3, 0.4) is 0 Å². The summed E-state index contributed by atoms with van der Waals surface area (Å²) < 4.78 is 16.0. The van der Waals surface area contributed by atoms with Gasteiger partial charge in [0, 0.05) is 24.5 Å². The van der Waals surface area contributed by atoms with E-state index in [9.17, 15) is 19.5 Å². The van der Waals surface area contributed by atoms with Gasteiger partial charge in [0.2, 0.25) is 0 Å². The summed E-state index contributed by atoms with van der Waals surface area (Å²) in [6.07, 6.45) is 9.48. The average Bonchev–Trinajstić information content (AvgIpc) is 2.15. The van der Waals surface area contributed by atoms with Crippen LogP contribution in [-0.2, 0) is 30.4 Å². The molecule has 0 aliphatic heterocycles. The molecule has 10 nitrogen and oxygen atoms in total. The molecule has 0 bridgehead atoms. The lowest BCUT2D eigenvalue weighted by Crippen LogP contribution is -2.35. The smallest absolute Gasteiger partial charge is 0.344 e. The van der Waals surface area contributed by atoms with Gasteiger partial charge in [-0.15, -0.1) is 0 Å². The van der Waals surface area contributed by atoms with Gasteiger partial charge in [0.15, 0.2) is 0 Å². The van der Waals surface area contributed by atoms with Gasteiger partial charge in [0.05, 0.1) is 23.3 Å². The molecule has 10 heteroatoms. The number of carbonyl (C=O) groups excluding carboxylic acids is 2. The van der Waals surface area contributed by atoms with E-state index in [0.29, 0.717) is 31.4 Å². The molecule has 12 rings (SSSR count). The van der Waals surface area contributed by atoms with Crippen LogP contribution in [-0.4, -0.2) is 85.6 Å². The first-order valence-corrected chi connectivity index (χ1v) is 30.1. The van der Waals surface area contributed by atoms with Gasteiger partial charge in [-0.25, -0.2) is 14.4 Å². The van der Waals surface area contributed by atoms with Crippen LogP contribution in [0.25, 0.3) is 37.9 Å². The molecule has 0 spiro atoms. The Morgan fingerprint density at radius 1 is 0.563 bits per heavy atom. The molecular weight excluding hydrogens is 1080 g/mol. The van der Waals surface area contributed by atoms with Gasteiger partial charge in [0.1, 0.15) is 24.2 Å². The van der Waals surface area contributed by atoms with Crippen molar-refractivity contribution >= 4 is 55.8 Å². The summed E-state index contributed by atoms with van der Waals surface area (Å²) in [4.78, 5) is 37.3. The minimum absolute atomic E-state index is 0.0435. The van der Waals surface area contributed by atoms with E-state index in [2.05, 4.69) is 190 Å². The number of aliphatic hydroxyl groups is 1. The summed E-state index contributed by atoms with van der Waals surface area (Å²) in [5, 5.41) is 29.9. The van der Waals surface area contributed by atoms with E-state index in [-0.39, 0.29) is 16.9 Å². The molecule has 0 amide bonds. The Balaban J connectivity index is 0.000000145. The maximum atomic E-state index is 12.2. The highest BCUT2D eigenvalue weighted by Crippen LogP contribution is 2.34. The van der Waals surface area contributed by atoms with Crippen molar-refractivity contribution in [1.29, 1.82) is 0 Å². The molecule has 10 aromatic carbocycles. The van der Waals surface area contributed by atoms with E-state index in [1.165, 1.54) is 116 Å². The monoisotopic (exact) mass is 1160 g/mol. The minimum Gasteiger partial charge on any atom is -0.490 e. The summed E-state index contributed by atoms with van der Waals surface area (Å²) in [7, 11) is 4.26. The van der Waals surface area contributed by atoms with E-state index in [1.54, 1.807) is 6.07 Å². The lowest BCUT2D eigenvalue weighted by atomic mass is 9.93. The normalized spacial score (nSPS) is 12.1. The molecule has 3 N–H and O–H groups in total. The number of fused-ring (bicyclic) bond motifs is 4. The topological polar surface area (TPSA) is 135 Å². The van der Waals surface area contributed by atoms with Crippen molar-refractivity contribution in [2.45, 2.75) is 77.9 Å². The highest BCUT2D eigenvalue weighted by atomic mass is 16.5. The van der Waals surface area contributed by atoms with Crippen LogP contribution in [0.2, 0.25) is 0 Å². The Kier molecular flexibility index (Phi) is 24.1. The number of esters is 2. The summed E-state index contributed by atoms with van der Waals surface area (Å²) in [5.74, 6) is -1.41. The number of nitrogens with zero attached hydrogens (tertiary/aromatic N) is 1. The third kappa shape index (κ3) is 18.7. The van der Waals surface area contributed by atoms with Crippen molar-refractivity contribution in [3.63, 3.8) is 0 Å². The van der Waals surface area contributed by atoms with Gasteiger partial charge in [-0.3, -0.25) is 0 Å². The van der Waals surface area contributed by atoms with E-state index in [4.69, 9.17) is 19.3 Å². The molecule has 446 valence electrons. The second-order valence-corrected chi connectivity index (χ2v) is 22.1. The SMILES string of the molecule is CC(C)NCC(O)COc1cccc2ccccc12.CCCCOC(=O)c1ccc(OC(=O)c2ccccc2C(=O)O)cc1.CN(C)CCC=C1c2ccccc2CCc2ccccc21.c1cc2c3c(cccc3c1)CC2.c1ccc2ccccc2c1. The molecule has 1 atom stereocenters. The van der Waals surface area contributed by atoms with Gasteiger partial charge in [-0.2, -0.15) is 0 Å². The van der Waals surface area contributed by atoms with Crippen molar-refractivity contribution in [1.82, 2.24) is 10.2 Å². The maximum absolute atomic E-state index is 12.2. The molecule has 2 aliphatic rings. The first-order valence-electron chi connectivity index (χ1n) is 30.1. The number of unbranched alkanes of at least 4 members (excludes halogenated alkanes) is 1. The molecule has 0 saturated heterocycles. The Morgan fingerprint density at radius 3 is 1.63 bits per heavy atom. The van der Waals surface area contributed by atoms with Crippen molar-refractivity contribution < 1.29 is 38.8 Å². The zero-order valence-corrected chi connectivity index (χ0v) is 50.7. The largest absolute Gasteiger partial charge is 0.490 e. The molecule has 0 radical (unpaired) electrons. The first-order chi connectivity index (χ1) is 42.4. The Hall–Kier alpha value is -9.19. The molecule has 0 fully saturated rings. The van der Waals surface area contributed by atoms with Crippen LogP contribution >= 0.6 is 0 Å². The number of nitrogens with one attached hydrogen (secondary N) is 1. The molecule has 0 saturated carbocycles. The third-order valence-electron chi connectivity index (χ3n) is 15.0. The number of carboxylic acids is 1. The summed E-state index contributed by atoms with van der Waals surface area (Å²) in [6, 6.07) is 73.8.